The predicted octanol–water partition coefficient (Wildman–Crippen LogP) is 6.42. The normalized spacial score (nSPS) is 15.3. The molecule has 8 heteroatoms. The van der Waals surface area contributed by atoms with Gasteiger partial charge in [-0.25, -0.2) is 4.68 Å². The minimum atomic E-state index is -0.0178. The van der Waals surface area contributed by atoms with Crippen molar-refractivity contribution in [3.05, 3.63) is 87.6 Å². The van der Waals surface area contributed by atoms with E-state index in [1.54, 1.807) is 16.8 Å². The molecule has 2 aromatic carbocycles. The number of benzene rings is 2. The highest BCUT2D eigenvalue weighted by Crippen LogP contribution is 2.35. The number of carbonyl (C=O) groups is 1. The van der Waals surface area contributed by atoms with Crippen LogP contribution in [0.3, 0.4) is 0 Å². The summed E-state index contributed by atoms with van der Waals surface area (Å²) in [5.74, 6) is 1.21. The number of hydrogen-bond donors (Lipinski definition) is 0. The van der Waals surface area contributed by atoms with Gasteiger partial charge in [0.2, 0.25) is 5.88 Å². The minimum absolute atomic E-state index is 0.0178. The maximum absolute atomic E-state index is 13.6. The molecule has 0 N–H and O–H groups in total. The molecule has 1 atom stereocenters. The van der Waals surface area contributed by atoms with Crippen molar-refractivity contribution < 1.29 is 14.3 Å². The van der Waals surface area contributed by atoms with Crippen LogP contribution in [0, 0.1) is 0 Å². The van der Waals surface area contributed by atoms with Gasteiger partial charge in [-0.15, -0.1) is 11.3 Å². The summed E-state index contributed by atoms with van der Waals surface area (Å²) in [6.07, 6.45) is 1.98. The lowest BCUT2D eigenvalue weighted by Crippen LogP contribution is -2.36. The Morgan fingerprint density at radius 1 is 1.17 bits per heavy atom. The number of ether oxygens (including phenoxy) is 2. The third-order valence-corrected chi connectivity index (χ3v) is 7.09. The van der Waals surface area contributed by atoms with Crippen LogP contribution >= 0.6 is 22.9 Å². The Hall–Kier alpha value is -3.13. The van der Waals surface area contributed by atoms with E-state index in [2.05, 4.69) is 0 Å². The third-order valence-electron chi connectivity index (χ3n) is 5.98. The number of halogens is 1. The van der Waals surface area contributed by atoms with Crippen molar-refractivity contribution in [3.8, 4) is 22.9 Å². The quantitative estimate of drug-likeness (QED) is 0.276. The SMILES string of the molecule is Cn1nc(-c2ccccc2)c(CN(C[C@@H]2CCCO2)C(=O)c2cccs2)c1Oc1ccc(Cl)cc1. The Kier molecular flexibility index (Phi) is 7.18. The van der Waals surface area contributed by atoms with Gasteiger partial charge in [0.1, 0.15) is 11.4 Å². The van der Waals surface area contributed by atoms with Crippen LogP contribution in [0.2, 0.25) is 5.02 Å². The van der Waals surface area contributed by atoms with Gasteiger partial charge in [0, 0.05) is 30.8 Å². The number of amides is 1. The van der Waals surface area contributed by atoms with Crippen LogP contribution in [0.15, 0.2) is 72.1 Å². The summed E-state index contributed by atoms with van der Waals surface area (Å²) < 4.78 is 13.9. The highest BCUT2D eigenvalue weighted by Gasteiger charge is 2.28. The molecule has 2 aromatic heterocycles. The van der Waals surface area contributed by atoms with Crippen molar-refractivity contribution in [3.63, 3.8) is 0 Å². The summed E-state index contributed by atoms with van der Waals surface area (Å²) in [4.78, 5) is 16.1. The van der Waals surface area contributed by atoms with Crippen molar-refractivity contribution in [2.45, 2.75) is 25.5 Å². The summed E-state index contributed by atoms with van der Waals surface area (Å²) in [5.41, 5.74) is 2.59. The van der Waals surface area contributed by atoms with E-state index in [0.717, 1.165) is 36.3 Å². The van der Waals surface area contributed by atoms with E-state index < -0.39 is 0 Å². The third kappa shape index (κ3) is 5.42. The van der Waals surface area contributed by atoms with E-state index in [4.69, 9.17) is 26.2 Å². The lowest BCUT2D eigenvalue weighted by Gasteiger charge is -2.25. The molecule has 1 saturated heterocycles. The monoisotopic (exact) mass is 507 g/mol. The standard InChI is InChI=1S/C27H26ClN3O3S/c1-30-27(34-21-13-11-20(28)12-14-21)23(25(29-30)19-7-3-2-4-8-19)18-31(17-22-9-5-15-33-22)26(32)24-10-6-16-35-24/h2-4,6-8,10-14,16,22H,5,9,15,17-18H2,1H3/t22-/m0/s1. The topological polar surface area (TPSA) is 56.6 Å². The van der Waals surface area contributed by atoms with Crippen LogP contribution in [0.1, 0.15) is 28.1 Å². The maximum atomic E-state index is 13.6. The summed E-state index contributed by atoms with van der Waals surface area (Å²) >= 11 is 7.51. The minimum Gasteiger partial charge on any atom is -0.439 e. The van der Waals surface area contributed by atoms with E-state index in [9.17, 15) is 4.79 Å². The second kappa shape index (κ2) is 10.6. The van der Waals surface area contributed by atoms with E-state index >= 15 is 0 Å². The lowest BCUT2D eigenvalue weighted by atomic mass is 10.1. The summed E-state index contributed by atoms with van der Waals surface area (Å²) in [6, 6.07) is 20.9. The van der Waals surface area contributed by atoms with Crippen LogP contribution in [-0.2, 0) is 18.3 Å². The van der Waals surface area contributed by atoms with Gasteiger partial charge in [0.05, 0.1) is 23.1 Å². The number of carbonyl (C=O) groups excluding carboxylic acids is 1. The molecule has 35 heavy (non-hydrogen) atoms. The zero-order valence-corrected chi connectivity index (χ0v) is 21.0. The summed E-state index contributed by atoms with van der Waals surface area (Å²) in [6.45, 7) is 1.59. The van der Waals surface area contributed by atoms with Gasteiger partial charge in [-0.05, 0) is 48.6 Å². The molecule has 1 aliphatic rings. The van der Waals surface area contributed by atoms with Crippen molar-refractivity contribution in [2.24, 2.45) is 7.05 Å². The molecular weight excluding hydrogens is 482 g/mol. The number of thiophene rings is 1. The number of rotatable bonds is 8. The number of aromatic nitrogens is 2. The molecule has 3 heterocycles. The molecule has 0 unspecified atom stereocenters. The molecule has 0 saturated carbocycles. The van der Waals surface area contributed by atoms with Crippen molar-refractivity contribution in [1.29, 1.82) is 0 Å². The molecule has 0 aliphatic carbocycles. The number of aryl methyl sites for hydroxylation is 1. The van der Waals surface area contributed by atoms with E-state index in [1.807, 2.05) is 71.9 Å². The Morgan fingerprint density at radius 3 is 2.66 bits per heavy atom. The second-order valence-electron chi connectivity index (χ2n) is 8.48. The Balaban J connectivity index is 1.55. The first-order valence-electron chi connectivity index (χ1n) is 11.6. The van der Waals surface area contributed by atoms with Crippen LogP contribution in [0.4, 0.5) is 0 Å². The van der Waals surface area contributed by atoms with Gasteiger partial charge in [0.25, 0.3) is 5.91 Å². The van der Waals surface area contributed by atoms with E-state index in [-0.39, 0.29) is 12.0 Å². The molecule has 180 valence electrons. The molecular formula is C27H26ClN3O3S. The van der Waals surface area contributed by atoms with Crippen molar-refractivity contribution in [2.75, 3.05) is 13.2 Å². The van der Waals surface area contributed by atoms with Gasteiger partial charge >= 0.3 is 0 Å². The highest BCUT2D eigenvalue weighted by atomic mass is 35.5. The first-order valence-corrected chi connectivity index (χ1v) is 12.8. The number of hydrogen-bond acceptors (Lipinski definition) is 5. The molecule has 0 bridgehead atoms. The van der Waals surface area contributed by atoms with Gasteiger partial charge in [-0.1, -0.05) is 48.0 Å². The Labute approximate surface area is 213 Å². The van der Waals surface area contributed by atoms with Crippen LogP contribution < -0.4 is 4.74 Å². The highest BCUT2D eigenvalue weighted by molar-refractivity contribution is 7.12. The lowest BCUT2D eigenvalue weighted by molar-refractivity contribution is 0.0510. The average molecular weight is 508 g/mol. The zero-order chi connectivity index (χ0) is 24.2. The fourth-order valence-corrected chi connectivity index (χ4v) is 5.08. The summed E-state index contributed by atoms with van der Waals surface area (Å²) in [7, 11) is 1.85. The summed E-state index contributed by atoms with van der Waals surface area (Å²) in [5, 5.41) is 7.36. The van der Waals surface area contributed by atoms with Gasteiger partial charge in [0.15, 0.2) is 0 Å². The molecule has 0 radical (unpaired) electrons. The van der Waals surface area contributed by atoms with E-state index in [1.165, 1.54) is 11.3 Å². The maximum Gasteiger partial charge on any atom is 0.264 e. The molecule has 5 rings (SSSR count). The zero-order valence-electron chi connectivity index (χ0n) is 19.4. The van der Waals surface area contributed by atoms with Gasteiger partial charge < -0.3 is 14.4 Å². The fraction of sp³-hybridized carbons (Fsp3) is 0.259. The van der Waals surface area contributed by atoms with Gasteiger partial charge in [-0.2, -0.15) is 5.10 Å². The first-order chi connectivity index (χ1) is 17.1. The van der Waals surface area contributed by atoms with Crippen LogP contribution in [0.5, 0.6) is 11.6 Å². The van der Waals surface area contributed by atoms with Crippen molar-refractivity contribution >= 4 is 28.8 Å². The second-order valence-corrected chi connectivity index (χ2v) is 9.86. The molecule has 0 spiro atoms. The molecule has 1 aliphatic heterocycles. The smallest absolute Gasteiger partial charge is 0.264 e. The average Bonchev–Trinajstić information content (AvgIpc) is 3.64. The van der Waals surface area contributed by atoms with Crippen molar-refractivity contribution in [1.82, 2.24) is 14.7 Å². The largest absolute Gasteiger partial charge is 0.439 e. The van der Waals surface area contributed by atoms with E-state index in [0.29, 0.717) is 34.6 Å². The molecule has 1 fully saturated rings. The van der Waals surface area contributed by atoms with Crippen LogP contribution in [-0.4, -0.2) is 39.8 Å². The molecule has 6 nitrogen and oxygen atoms in total. The molecule has 1 amide bonds. The fourth-order valence-electron chi connectivity index (χ4n) is 4.27. The first kappa shape index (κ1) is 23.6. The van der Waals surface area contributed by atoms with Crippen LogP contribution in [0.25, 0.3) is 11.3 Å². The van der Waals surface area contributed by atoms with Gasteiger partial charge in [-0.3, -0.25) is 4.79 Å². The Morgan fingerprint density at radius 2 is 1.97 bits per heavy atom. The number of nitrogens with zero attached hydrogens (tertiary/aromatic N) is 3. The predicted molar refractivity (Wildman–Crippen MR) is 138 cm³/mol. The molecule has 4 aromatic rings. The Bertz CT molecular complexity index is 1270.